The molecule has 0 atom stereocenters. The van der Waals surface area contributed by atoms with Gasteiger partial charge in [0.05, 0.1) is 12.3 Å². The van der Waals surface area contributed by atoms with Gasteiger partial charge in [0.1, 0.15) is 5.69 Å². The van der Waals surface area contributed by atoms with Crippen LogP contribution in [0.15, 0.2) is 30.3 Å². The molecule has 0 N–H and O–H groups in total. The van der Waals surface area contributed by atoms with Crippen LogP contribution in [0.3, 0.4) is 0 Å². The minimum absolute atomic E-state index is 0.0439. The van der Waals surface area contributed by atoms with Crippen LogP contribution in [0.2, 0.25) is 0 Å². The topological polar surface area (TPSA) is 53.3 Å². The first-order valence-electron chi connectivity index (χ1n) is 7.35. The Labute approximate surface area is 138 Å². The van der Waals surface area contributed by atoms with Gasteiger partial charge >= 0.3 is 6.61 Å². The summed E-state index contributed by atoms with van der Waals surface area (Å²) in [4.78, 5) is 12.2. The Morgan fingerprint density at radius 3 is 2.67 bits per heavy atom. The molecule has 0 aliphatic heterocycles. The van der Waals surface area contributed by atoms with Gasteiger partial charge in [0.25, 0.3) is 0 Å². The first-order chi connectivity index (χ1) is 11.4. The van der Waals surface area contributed by atoms with Crippen LogP contribution < -0.4 is 9.47 Å². The first kappa shape index (κ1) is 17.7. The Hall–Kier alpha value is -2.70. The van der Waals surface area contributed by atoms with Gasteiger partial charge < -0.3 is 9.47 Å². The fourth-order valence-corrected chi connectivity index (χ4v) is 2.19. The second-order valence-corrected chi connectivity index (χ2v) is 5.01. The van der Waals surface area contributed by atoms with Crippen LogP contribution in [0.4, 0.5) is 8.78 Å². The van der Waals surface area contributed by atoms with Crippen LogP contribution in [0.1, 0.15) is 28.7 Å². The second-order valence-electron chi connectivity index (χ2n) is 5.01. The number of rotatable bonds is 7. The summed E-state index contributed by atoms with van der Waals surface area (Å²) in [6, 6.07) is 6.19. The van der Waals surface area contributed by atoms with Gasteiger partial charge in [-0.1, -0.05) is 12.1 Å². The van der Waals surface area contributed by atoms with Crippen molar-refractivity contribution in [3.05, 3.63) is 47.3 Å². The van der Waals surface area contributed by atoms with Gasteiger partial charge in [0.2, 0.25) is 5.78 Å². The number of alkyl halides is 2. The van der Waals surface area contributed by atoms with Crippen molar-refractivity contribution in [3.63, 3.8) is 0 Å². The average molecular weight is 336 g/mol. The van der Waals surface area contributed by atoms with Crippen molar-refractivity contribution in [1.82, 2.24) is 9.78 Å². The van der Waals surface area contributed by atoms with Gasteiger partial charge in [-0.25, -0.2) is 0 Å². The van der Waals surface area contributed by atoms with Crippen LogP contribution in [-0.2, 0) is 7.05 Å². The number of carbonyl (C=O) groups is 1. The Kier molecular flexibility index (Phi) is 5.68. The van der Waals surface area contributed by atoms with E-state index in [0.29, 0.717) is 17.9 Å². The summed E-state index contributed by atoms with van der Waals surface area (Å²) in [6.07, 6.45) is 2.98. The summed E-state index contributed by atoms with van der Waals surface area (Å²) in [7, 11) is 1.69. The number of aromatic nitrogens is 2. The summed E-state index contributed by atoms with van der Waals surface area (Å²) in [5, 5.41) is 4.12. The zero-order chi connectivity index (χ0) is 17.7. The predicted molar refractivity (Wildman–Crippen MR) is 85.6 cm³/mol. The fourth-order valence-electron chi connectivity index (χ4n) is 2.19. The summed E-state index contributed by atoms with van der Waals surface area (Å²) < 4.78 is 36.0. The van der Waals surface area contributed by atoms with E-state index in [2.05, 4.69) is 9.84 Å². The third-order valence-corrected chi connectivity index (χ3v) is 3.17. The number of ketones is 1. The van der Waals surface area contributed by atoms with Crippen molar-refractivity contribution in [3.8, 4) is 11.5 Å². The Morgan fingerprint density at radius 2 is 2.08 bits per heavy atom. The SMILES string of the molecule is CCOc1cc(C=CC(=O)c2cc(C)nn2C)ccc1OC(F)F. The lowest BCUT2D eigenvalue weighted by Crippen LogP contribution is -2.05. The minimum Gasteiger partial charge on any atom is -0.490 e. The molecule has 128 valence electrons. The maximum atomic E-state index is 12.4. The maximum Gasteiger partial charge on any atom is 0.387 e. The van der Waals surface area contributed by atoms with Gasteiger partial charge in [-0.05, 0) is 43.7 Å². The number of halogens is 2. The number of ether oxygens (including phenoxy) is 2. The molecule has 1 aromatic carbocycles. The van der Waals surface area contributed by atoms with E-state index in [-0.39, 0.29) is 17.3 Å². The van der Waals surface area contributed by atoms with E-state index in [0.717, 1.165) is 5.69 Å². The molecule has 0 fully saturated rings. The van der Waals surface area contributed by atoms with Crippen molar-refractivity contribution in [2.24, 2.45) is 7.05 Å². The molecule has 5 nitrogen and oxygen atoms in total. The third kappa shape index (κ3) is 4.41. The van der Waals surface area contributed by atoms with Crippen LogP contribution in [0.25, 0.3) is 6.08 Å². The third-order valence-electron chi connectivity index (χ3n) is 3.17. The normalized spacial score (nSPS) is 11.2. The van der Waals surface area contributed by atoms with E-state index in [4.69, 9.17) is 4.74 Å². The van der Waals surface area contributed by atoms with Crippen molar-refractivity contribution in [2.45, 2.75) is 20.5 Å². The molecule has 0 saturated carbocycles. The zero-order valence-corrected chi connectivity index (χ0v) is 13.6. The van der Waals surface area contributed by atoms with Gasteiger partial charge in [-0.2, -0.15) is 13.9 Å². The molecular formula is C17H18F2N2O3. The van der Waals surface area contributed by atoms with Gasteiger partial charge in [0, 0.05) is 7.05 Å². The standard InChI is InChI=1S/C17H18F2N2O3/c1-4-23-16-10-12(6-8-15(16)24-17(18)19)5-7-14(22)13-9-11(2)20-21(13)3/h5-10,17H,4H2,1-3H3. The molecule has 0 unspecified atom stereocenters. The molecular weight excluding hydrogens is 318 g/mol. The van der Waals surface area contributed by atoms with E-state index in [1.165, 1.54) is 16.8 Å². The smallest absolute Gasteiger partial charge is 0.387 e. The summed E-state index contributed by atoms with van der Waals surface area (Å²) in [6.45, 7) is 0.916. The number of nitrogens with zero attached hydrogens (tertiary/aromatic N) is 2. The largest absolute Gasteiger partial charge is 0.490 e. The monoisotopic (exact) mass is 336 g/mol. The summed E-state index contributed by atoms with van der Waals surface area (Å²) >= 11 is 0. The highest BCUT2D eigenvalue weighted by atomic mass is 19.3. The van der Waals surface area contributed by atoms with Crippen LogP contribution in [-0.4, -0.2) is 28.8 Å². The van der Waals surface area contributed by atoms with E-state index >= 15 is 0 Å². The van der Waals surface area contributed by atoms with E-state index in [1.54, 1.807) is 45.2 Å². The predicted octanol–water partition coefficient (Wildman–Crippen LogP) is 3.62. The lowest BCUT2D eigenvalue weighted by molar-refractivity contribution is -0.0514. The number of hydrogen-bond acceptors (Lipinski definition) is 4. The Morgan fingerprint density at radius 1 is 1.33 bits per heavy atom. The van der Waals surface area contributed by atoms with Crippen LogP contribution in [0, 0.1) is 6.92 Å². The average Bonchev–Trinajstić information content (AvgIpc) is 2.85. The molecule has 0 aliphatic rings. The Balaban J connectivity index is 2.21. The highest BCUT2D eigenvalue weighted by molar-refractivity contribution is 6.05. The number of carbonyl (C=O) groups excluding carboxylic acids is 1. The van der Waals surface area contributed by atoms with E-state index < -0.39 is 6.61 Å². The van der Waals surface area contributed by atoms with E-state index in [9.17, 15) is 13.6 Å². The maximum absolute atomic E-state index is 12.4. The number of allylic oxidation sites excluding steroid dienone is 1. The molecule has 24 heavy (non-hydrogen) atoms. The highest BCUT2D eigenvalue weighted by Crippen LogP contribution is 2.30. The number of hydrogen-bond donors (Lipinski definition) is 0. The molecule has 0 amide bonds. The Bertz CT molecular complexity index is 754. The van der Waals surface area contributed by atoms with Crippen molar-refractivity contribution in [1.29, 1.82) is 0 Å². The van der Waals surface area contributed by atoms with Gasteiger partial charge in [-0.15, -0.1) is 0 Å². The second kappa shape index (κ2) is 7.72. The minimum atomic E-state index is -2.93. The molecule has 0 saturated heterocycles. The molecule has 1 heterocycles. The molecule has 7 heteroatoms. The van der Waals surface area contributed by atoms with E-state index in [1.807, 2.05) is 0 Å². The van der Waals surface area contributed by atoms with Crippen molar-refractivity contribution < 1.29 is 23.0 Å². The quantitative estimate of drug-likeness (QED) is 0.572. The molecule has 0 bridgehead atoms. The highest BCUT2D eigenvalue weighted by Gasteiger charge is 2.12. The van der Waals surface area contributed by atoms with Crippen molar-refractivity contribution >= 4 is 11.9 Å². The van der Waals surface area contributed by atoms with Crippen LogP contribution >= 0.6 is 0 Å². The first-order valence-corrected chi connectivity index (χ1v) is 7.35. The van der Waals surface area contributed by atoms with Gasteiger partial charge in [-0.3, -0.25) is 9.48 Å². The summed E-state index contributed by atoms with van der Waals surface area (Å²) in [5.74, 6) is -0.0506. The molecule has 0 radical (unpaired) electrons. The number of aryl methyl sites for hydroxylation is 2. The van der Waals surface area contributed by atoms with Crippen molar-refractivity contribution in [2.75, 3.05) is 6.61 Å². The summed E-state index contributed by atoms with van der Waals surface area (Å²) in [5.41, 5.74) is 1.85. The van der Waals surface area contributed by atoms with Crippen LogP contribution in [0.5, 0.6) is 11.5 Å². The lowest BCUT2D eigenvalue weighted by atomic mass is 10.1. The molecule has 0 aliphatic carbocycles. The molecule has 1 aromatic heterocycles. The molecule has 2 rings (SSSR count). The molecule has 0 spiro atoms. The fraction of sp³-hybridized carbons (Fsp3) is 0.294. The zero-order valence-electron chi connectivity index (χ0n) is 13.6. The molecule has 2 aromatic rings. The van der Waals surface area contributed by atoms with Gasteiger partial charge in [0.15, 0.2) is 11.5 Å². The number of benzene rings is 1. The lowest BCUT2D eigenvalue weighted by Gasteiger charge is -2.11.